The number of nitrogens with one attached hydrogen (secondary N) is 4. The molecule has 2 aromatic carbocycles. The van der Waals surface area contributed by atoms with E-state index in [1.54, 1.807) is 31.2 Å². The first-order chi connectivity index (χ1) is 24.3. The van der Waals surface area contributed by atoms with Crippen LogP contribution in [0.15, 0.2) is 48.5 Å². The molecule has 2 aromatic rings. The minimum Gasteiger partial charge on any atom is -0.491 e. The first-order valence-electron chi connectivity index (χ1n) is 17.9. The fourth-order valence-electron chi connectivity index (χ4n) is 6.15. The summed E-state index contributed by atoms with van der Waals surface area (Å²) >= 11 is 0. The number of carbonyl (C=O) groups excluding carboxylic acids is 5. The lowest BCUT2D eigenvalue weighted by Crippen LogP contribution is -2.57. The van der Waals surface area contributed by atoms with Gasteiger partial charge in [0.1, 0.15) is 30.5 Å². The van der Waals surface area contributed by atoms with Crippen LogP contribution in [0.2, 0.25) is 0 Å². The van der Waals surface area contributed by atoms with Gasteiger partial charge in [-0.3, -0.25) is 28.9 Å². The number of nitrogens with zero attached hydrogens (tertiary/aromatic N) is 2. The van der Waals surface area contributed by atoms with Crippen molar-refractivity contribution in [1.29, 1.82) is 0 Å². The number of rotatable bonds is 8. The van der Waals surface area contributed by atoms with Crippen molar-refractivity contribution >= 4 is 29.5 Å². The first kappa shape index (κ1) is 39.3. The van der Waals surface area contributed by atoms with E-state index in [0.29, 0.717) is 19.6 Å². The summed E-state index contributed by atoms with van der Waals surface area (Å²) in [5, 5.41) is 11.4. The molecule has 2 aliphatic rings. The van der Waals surface area contributed by atoms with Gasteiger partial charge >= 0.3 is 0 Å². The van der Waals surface area contributed by atoms with Crippen molar-refractivity contribution in [3.05, 3.63) is 65.2 Å². The average Bonchev–Trinajstić information content (AvgIpc) is 3.10. The van der Waals surface area contributed by atoms with Crippen LogP contribution >= 0.6 is 0 Å². The molecular weight excluding hydrogens is 652 g/mol. The Kier molecular flexibility index (Phi) is 14.4. The number of likely N-dealkylation sites (N-methyl/N-ethyl adjacent to an activating group) is 1. The predicted octanol–water partition coefficient (Wildman–Crippen LogP) is 2.23. The molecule has 5 amide bonds. The molecule has 13 heteroatoms. The summed E-state index contributed by atoms with van der Waals surface area (Å²) in [7, 11) is 1.51. The number of hydrogen-bond acceptors (Lipinski definition) is 8. The monoisotopic (exact) mass is 706 g/mol. The molecule has 2 aliphatic heterocycles. The van der Waals surface area contributed by atoms with Gasteiger partial charge in [0, 0.05) is 33.2 Å². The molecule has 2 heterocycles. The lowest BCUT2D eigenvalue weighted by atomic mass is 9.98. The normalized spacial score (nSPS) is 23.1. The second-order valence-corrected chi connectivity index (χ2v) is 14.3. The Hall–Kier alpha value is -4.49. The van der Waals surface area contributed by atoms with Crippen molar-refractivity contribution in [3.8, 4) is 5.75 Å². The topological polar surface area (TPSA) is 158 Å². The second kappa shape index (κ2) is 18.7. The molecule has 0 aliphatic carbocycles. The second-order valence-electron chi connectivity index (χ2n) is 14.3. The summed E-state index contributed by atoms with van der Waals surface area (Å²) in [5.74, 6) is -2.49. The molecule has 13 nitrogen and oxygen atoms in total. The molecule has 278 valence electrons. The smallest absolute Gasteiger partial charge is 0.255 e. The van der Waals surface area contributed by atoms with E-state index in [-0.39, 0.29) is 42.2 Å². The molecule has 0 spiro atoms. The van der Waals surface area contributed by atoms with E-state index in [2.05, 4.69) is 26.2 Å². The van der Waals surface area contributed by atoms with Gasteiger partial charge in [0.15, 0.2) is 0 Å². The van der Waals surface area contributed by atoms with E-state index in [1.807, 2.05) is 52.0 Å². The number of hydrogen-bond donors (Lipinski definition) is 4. The number of benzene rings is 2. The van der Waals surface area contributed by atoms with Crippen molar-refractivity contribution < 1.29 is 33.4 Å². The van der Waals surface area contributed by atoms with Gasteiger partial charge in [-0.25, -0.2) is 0 Å². The zero-order valence-electron chi connectivity index (χ0n) is 30.7. The fraction of sp³-hybridized carbons (Fsp3) is 0.553. The van der Waals surface area contributed by atoms with Crippen molar-refractivity contribution in [2.45, 2.75) is 84.7 Å². The van der Waals surface area contributed by atoms with E-state index in [1.165, 1.54) is 11.9 Å². The van der Waals surface area contributed by atoms with Gasteiger partial charge in [0.2, 0.25) is 23.6 Å². The van der Waals surface area contributed by atoms with Crippen molar-refractivity contribution in [3.63, 3.8) is 0 Å². The maximum absolute atomic E-state index is 13.9. The summed E-state index contributed by atoms with van der Waals surface area (Å²) in [6.07, 6.45) is -0.0800. The van der Waals surface area contributed by atoms with Gasteiger partial charge in [0.25, 0.3) is 5.91 Å². The van der Waals surface area contributed by atoms with Gasteiger partial charge in [-0.2, -0.15) is 0 Å². The highest BCUT2D eigenvalue weighted by atomic mass is 16.5. The number of fused-ring (bicyclic) bond motifs is 1. The maximum Gasteiger partial charge on any atom is 0.255 e. The SMILES string of the molecule is CC(C)C[C@H]1C(=O)N[C@H](C(C)C)C(=O)N[C@@H](C)COc2ccccc2C(=O)N[C@H](C(=O)NCc2cccc(CN3CCOCC3)c2)CC(=O)N1C. The summed E-state index contributed by atoms with van der Waals surface area (Å²) in [6.45, 7) is 13.4. The molecule has 51 heavy (non-hydrogen) atoms. The molecule has 0 aromatic heterocycles. The number of ether oxygens (including phenoxy) is 2. The highest BCUT2D eigenvalue weighted by Crippen LogP contribution is 2.20. The molecule has 0 radical (unpaired) electrons. The van der Waals surface area contributed by atoms with Crippen LogP contribution in [-0.2, 0) is 37.0 Å². The third-order valence-corrected chi connectivity index (χ3v) is 9.08. The third kappa shape index (κ3) is 11.5. The van der Waals surface area contributed by atoms with E-state index in [4.69, 9.17) is 9.47 Å². The standard InChI is InChI=1S/C38H54N6O7/c1-24(2)18-31-37(48)42-34(25(3)4)38(49)40-26(5)23-51-32-13-8-7-12-29(32)35(46)41-30(20-33(45)43(31)6)36(47)39-21-27-10-9-11-28(19-27)22-44-14-16-50-17-15-44/h7-13,19,24-26,30-31,34H,14-18,20-23H2,1-6H3,(H,39,47)(H,40,49)(H,41,46)(H,42,48)/t26-,30-,31-,34+/m0/s1. The largest absolute Gasteiger partial charge is 0.491 e. The number of carbonyl (C=O) groups is 5. The molecule has 0 saturated carbocycles. The summed E-state index contributed by atoms with van der Waals surface area (Å²) in [5.41, 5.74) is 2.15. The predicted molar refractivity (Wildman–Crippen MR) is 193 cm³/mol. The molecule has 4 N–H and O–H groups in total. The number of para-hydroxylation sites is 1. The Morgan fingerprint density at radius 3 is 2.33 bits per heavy atom. The molecule has 0 bridgehead atoms. The van der Waals surface area contributed by atoms with Gasteiger partial charge in [-0.1, -0.05) is 64.1 Å². The van der Waals surface area contributed by atoms with Gasteiger partial charge in [0.05, 0.1) is 31.2 Å². The van der Waals surface area contributed by atoms with Crippen LogP contribution < -0.4 is 26.0 Å². The van der Waals surface area contributed by atoms with Crippen LogP contribution in [0.5, 0.6) is 5.75 Å². The van der Waals surface area contributed by atoms with Crippen LogP contribution in [0.4, 0.5) is 0 Å². The Morgan fingerprint density at radius 2 is 1.63 bits per heavy atom. The van der Waals surface area contributed by atoms with Crippen LogP contribution in [0.25, 0.3) is 0 Å². The highest BCUT2D eigenvalue weighted by Gasteiger charge is 2.35. The van der Waals surface area contributed by atoms with E-state index < -0.39 is 54.2 Å². The third-order valence-electron chi connectivity index (χ3n) is 9.08. The molecular formula is C38H54N6O7. The lowest BCUT2D eigenvalue weighted by Gasteiger charge is -2.32. The Labute approximate surface area is 301 Å². The Morgan fingerprint density at radius 1 is 0.922 bits per heavy atom. The highest BCUT2D eigenvalue weighted by molar-refractivity contribution is 6.01. The van der Waals surface area contributed by atoms with Crippen LogP contribution in [0, 0.1) is 11.8 Å². The molecule has 1 fully saturated rings. The Bertz CT molecular complexity index is 1530. The van der Waals surface area contributed by atoms with Crippen molar-refractivity contribution in [2.24, 2.45) is 11.8 Å². The maximum atomic E-state index is 13.9. The van der Waals surface area contributed by atoms with Gasteiger partial charge in [-0.05, 0) is 48.4 Å². The number of amides is 5. The summed E-state index contributed by atoms with van der Waals surface area (Å²) < 4.78 is 11.4. The molecule has 1 saturated heterocycles. The van der Waals surface area contributed by atoms with Crippen LogP contribution in [0.3, 0.4) is 0 Å². The lowest BCUT2D eigenvalue weighted by molar-refractivity contribution is -0.142. The fourth-order valence-corrected chi connectivity index (χ4v) is 6.15. The zero-order valence-corrected chi connectivity index (χ0v) is 30.7. The van der Waals surface area contributed by atoms with Gasteiger partial charge < -0.3 is 35.6 Å². The first-order valence-corrected chi connectivity index (χ1v) is 17.9. The van der Waals surface area contributed by atoms with Crippen molar-refractivity contribution in [1.82, 2.24) is 31.1 Å². The summed E-state index contributed by atoms with van der Waals surface area (Å²) in [6, 6.07) is 11.0. The quantitative estimate of drug-likeness (QED) is 0.326. The number of morpholine rings is 1. The zero-order chi connectivity index (χ0) is 37.1. The van der Waals surface area contributed by atoms with Crippen LogP contribution in [0.1, 0.15) is 68.9 Å². The molecule has 4 rings (SSSR count). The Balaban J connectivity index is 1.61. The molecule has 0 unspecified atom stereocenters. The molecule has 4 atom stereocenters. The minimum atomic E-state index is -1.26. The van der Waals surface area contributed by atoms with E-state index in [0.717, 1.165) is 30.8 Å². The summed E-state index contributed by atoms with van der Waals surface area (Å²) in [4.78, 5) is 72.2. The van der Waals surface area contributed by atoms with Crippen LogP contribution in [-0.4, -0.2) is 103 Å². The van der Waals surface area contributed by atoms with E-state index in [9.17, 15) is 24.0 Å². The van der Waals surface area contributed by atoms with E-state index >= 15 is 0 Å². The minimum absolute atomic E-state index is 0.0305. The van der Waals surface area contributed by atoms with Gasteiger partial charge in [-0.15, -0.1) is 0 Å². The average molecular weight is 707 g/mol. The van der Waals surface area contributed by atoms with Crippen molar-refractivity contribution in [2.75, 3.05) is 40.0 Å².